The molecule has 1 aromatic carbocycles. The molecule has 1 aliphatic carbocycles. The highest BCUT2D eigenvalue weighted by atomic mass is 19.1. The average Bonchev–Trinajstić information content (AvgIpc) is 3.37. The molecule has 2 aromatic heterocycles. The summed E-state index contributed by atoms with van der Waals surface area (Å²) in [6.45, 7) is 1.38. The largest absolute Gasteiger partial charge is 0.356 e. The van der Waals surface area contributed by atoms with Crippen molar-refractivity contribution in [1.29, 1.82) is 0 Å². The molecular weight excluding hydrogens is 378 g/mol. The predicted molar refractivity (Wildman–Crippen MR) is 103 cm³/mol. The van der Waals surface area contributed by atoms with Crippen molar-refractivity contribution in [2.75, 3.05) is 23.3 Å². The summed E-state index contributed by atoms with van der Waals surface area (Å²) < 4.78 is 28.7. The van der Waals surface area contributed by atoms with Crippen molar-refractivity contribution in [3.8, 4) is 0 Å². The van der Waals surface area contributed by atoms with Crippen molar-refractivity contribution in [2.45, 2.75) is 32.1 Å². The van der Waals surface area contributed by atoms with Crippen LogP contribution in [0.2, 0.25) is 0 Å². The molecule has 3 heterocycles. The quantitative estimate of drug-likeness (QED) is 0.734. The van der Waals surface area contributed by atoms with Crippen LogP contribution in [-0.2, 0) is 17.6 Å². The van der Waals surface area contributed by atoms with Gasteiger partial charge in [0.2, 0.25) is 5.91 Å². The summed E-state index contributed by atoms with van der Waals surface area (Å²) in [7, 11) is 0. The summed E-state index contributed by atoms with van der Waals surface area (Å²) >= 11 is 0. The standard InChI is InChI=1S/C20H20F2N6O/c21-13-4-5-17(15(22)10-13)25-18(29)12-6-8-27(9-7-12)19-14-2-1-3-16(14)26-20-23-11-24-28(19)20/h4-5,10-12H,1-3,6-9H2,(H,25,29). The maximum Gasteiger partial charge on any atom is 0.254 e. The molecule has 1 aliphatic heterocycles. The minimum atomic E-state index is -0.767. The van der Waals surface area contributed by atoms with Crippen LogP contribution in [0, 0.1) is 17.6 Å². The van der Waals surface area contributed by atoms with Gasteiger partial charge in [-0.05, 0) is 44.2 Å². The van der Waals surface area contributed by atoms with Gasteiger partial charge in [0.05, 0.1) is 11.4 Å². The van der Waals surface area contributed by atoms with Crippen molar-refractivity contribution < 1.29 is 13.6 Å². The van der Waals surface area contributed by atoms with Crippen molar-refractivity contribution >= 4 is 23.2 Å². The first-order valence-corrected chi connectivity index (χ1v) is 9.82. The van der Waals surface area contributed by atoms with Gasteiger partial charge in [-0.3, -0.25) is 4.79 Å². The molecule has 1 N–H and O–H groups in total. The molecule has 0 bridgehead atoms. The highest BCUT2D eigenvalue weighted by Crippen LogP contribution is 2.33. The molecule has 1 amide bonds. The zero-order valence-electron chi connectivity index (χ0n) is 15.7. The van der Waals surface area contributed by atoms with Crippen LogP contribution in [0.3, 0.4) is 0 Å². The fourth-order valence-corrected chi connectivity index (χ4v) is 4.31. The Morgan fingerprint density at radius 1 is 1.17 bits per heavy atom. The highest BCUT2D eigenvalue weighted by molar-refractivity contribution is 5.92. The molecule has 29 heavy (non-hydrogen) atoms. The van der Waals surface area contributed by atoms with Gasteiger partial charge in [-0.2, -0.15) is 14.6 Å². The summed E-state index contributed by atoms with van der Waals surface area (Å²) in [6, 6.07) is 3.15. The Bertz CT molecular complexity index is 1090. The fraction of sp³-hybridized carbons (Fsp3) is 0.400. The van der Waals surface area contributed by atoms with E-state index in [4.69, 9.17) is 0 Å². The first-order valence-electron chi connectivity index (χ1n) is 9.82. The number of rotatable bonds is 3. The van der Waals surface area contributed by atoms with Crippen LogP contribution in [0.4, 0.5) is 20.3 Å². The van der Waals surface area contributed by atoms with Gasteiger partial charge in [-0.25, -0.2) is 13.8 Å². The average molecular weight is 398 g/mol. The normalized spacial score (nSPS) is 17.0. The maximum absolute atomic E-state index is 13.8. The van der Waals surface area contributed by atoms with Crippen LogP contribution in [0.5, 0.6) is 0 Å². The SMILES string of the molecule is O=C(Nc1ccc(F)cc1F)C1CCN(c2c3c(nc4ncnn24)CCC3)CC1. The first-order chi connectivity index (χ1) is 14.1. The number of carbonyl (C=O) groups is 1. The minimum absolute atomic E-state index is 0.00936. The van der Waals surface area contributed by atoms with Gasteiger partial charge >= 0.3 is 0 Å². The number of anilines is 2. The molecule has 5 rings (SSSR count). The van der Waals surface area contributed by atoms with Crippen LogP contribution in [0.15, 0.2) is 24.5 Å². The van der Waals surface area contributed by atoms with E-state index in [0.717, 1.165) is 42.9 Å². The van der Waals surface area contributed by atoms with E-state index in [-0.39, 0.29) is 17.5 Å². The lowest BCUT2D eigenvalue weighted by Gasteiger charge is -2.34. The van der Waals surface area contributed by atoms with Gasteiger partial charge in [-0.15, -0.1) is 0 Å². The molecule has 1 saturated heterocycles. The van der Waals surface area contributed by atoms with E-state index in [2.05, 4.69) is 25.3 Å². The summed E-state index contributed by atoms with van der Waals surface area (Å²) in [5, 5.41) is 6.94. The van der Waals surface area contributed by atoms with Gasteiger partial charge in [0.15, 0.2) is 0 Å². The Balaban J connectivity index is 1.32. The highest BCUT2D eigenvalue weighted by Gasteiger charge is 2.30. The number of aryl methyl sites for hydroxylation is 1. The van der Waals surface area contributed by atoms with Crippen LogP contribution < -0.4 is 10.2 Å². The molecule has 0 unspecified atom stereocenters. The lowest BCUT2D eigenvalue weighted by Crippen LogP contribution is -2.39. The molecular formula is C20H20F2N6O. The molecule has 0 saturated carbocycles. The van der Waals surface area contributed by atoms with E-state index in [0.29, 0.717) is 31.7 Å². The third kappa shape index (κ3) is 3.20. The molecule has 9 heteroatoms. The van der Waals surface area contributed by atoms with E-state index in [1.165, 1.54) is 18.0 Å². The molecule has 150 valence electrons. The molecule has 0 atom stereocenters. The molecule has 7 nitrogen and oxygen atoms in total. The summed E-state index contributed by atoms with van der Waals surface area (Å²) in [4.78, 5) is 23.7. The predicted octanol–water partition coefficient (Wildman–Crippen LogP) is 2.75. The summed E-state index contributed by atoms with van der Waals surface area (Å²) in [5.74, 6) is -0.261. The molecule has 1 fully saturated rings. The molecule has 0 spiro atoms. The number of hydrogen-bond donors (Lipinski definition) is 1. The summed E-state index contributed by atoms with van der Waals surface area (Å²) in [6.07, 6.45) is 5.79. The van der Waals surface area contributed by atoms with E-state index < -0.39 is 11.6 Å². The van der Waals surface area contributed by atoms with Crippen LogP contribution >= 0.6 is 0 Å². The van der Waals surface area contributed by atoms with Gasteiger partial charge in [-0.1, -0.05) is 0 Å². The smallest absolute Gasteiger partial charge is 0.254 e. The Morgan fingerprint density at radius 3 is 2.79 bits per heavy atom. The zero-order valence-corrected chi connectivity index (χ0v) is 15.7. The zero-order chi connectivity index (χ0) is 20.0. The number of piperidine rings is 1. The fourth-order valence-electron chi connectivity index (χ4n) is 4.31. The first kappa shape index (κ1) is 18.0. The van der Waals surface area contributed by atoms with E-state index in [1.54, 1.807) is 4.52 Å². The number of nitrogens with one attached hydrogen (secondary N) is 1. The number of nitrogens with zero attached hydrogens (tertiary/aromatic N) is 5. The molecule has 2 aliphatic rings. The number of fused-ring (bicyclic) bond motifs is 2. The number of amides is 1. The topological polar surface area (TPSA) is 75.4 Å². The second-order valence-electron chi connectivity index (χ2n) is 7.56. The minimum Gasteiger partial charge on any atom is -0.356 e. The third-order valence-corrected chi connectivity index (χ3v) is 5.78. The second kappa shape index (κ2) is 7.06. The van der Waals surface area contributed by atoms with Crippen molar-refractivity contribution in [2.24, 2.45) is 5.92 Å². The van der Waals surface area contributed by atoms with Gasteiger partial charge < -0.3 is 10.2 Å². The second-order valence-corrected chi connectivity index (χ2v) is 7.56. The Kier molecular flexibility index (Phi) is 4.37. The summed E-state index contributed by atoms with van der Waals surface area (Å²) in [5.41, 5.74) is 2.32. The lowest BCUT2D eigenvalue weighted by molar-refractivity contribution is -0.120. The third-order valence-electron chi connectivity index (χ3n) is 5.78. The van der Waals surface area contributed by atoms with Gasteiger partial charge in [0.25, 0.3) is 5.78 Å². The number of carbonyl (C=O) groups excluding carboxylic acids is 1. The van der Waals surface area contributed by atoms with E-state index in [1.807, 2.05) is 0 Å². The Morgan fingerprint density at radius 2 is 2.00 bits per heavy atom. The van der Waals surface area contributed by atoms with Crippen molar-refractivity contribution in [3.63, 3.8) is 0 Å². The Labute approximate surface area is 165 Å². The molecule has 0 radical (unpaired) electrons. The Hall–Kier alpha value is -3.10. The van der Waals surface area contributed by atoms with E-state index >= 15 is 0 Å². The van der Waals surface area contributed by atoms with Crippen LogP contribution in [-0.4, -0.2) is 38.6 Å². The lowest BCUT2D eigenvalue weighted by atomic mass is 9.95. The number of benzene rings is 1. The van der Waals surface area contributed by atoms with Gasteiger partial charge in [0.1, 0.15) is 23.8 Å². The van der Waals surface area contributed by atoms with Gasteiger partial charge in [0, 0.05) is 30.6 Å². The van der Waals surface area contributed by atoms with E-state index in [9.17, 15) is 13.6 Å². The number of aromatic nitrogens is 4. The van der Waals surface area contributed by atoms with Crippen molar-refractivity contribution in [1.82, 2.24) is 19.6 Å². The van der Waals surface area contributed by atoms with Crippen LogP contribution in [0.1, 0.15) is 30.5 Å². The number of halogens is 2. The maximum atomic E-state index is 13.8. The number of hydrogen-bond acceptors (Lipinski definition) is 5. The van der Waals surface area contributed by atoms with Crippen molar-refractivity contribution in [3.05, 3.63) is 47.4 Å². The van der Waals surface area contributed by atoms with Crippen LogP contribution in [0.25, 0.3) is 5.78 Å². The molecule has 3 aromatic rings. The monoisotopic (exact) mass is 398 g/mol.